The lowest BCUT2D eigenvalue weighted by molar-refractivity contribution is -0.118. The van der Waals surface area contributed by atoms with Gasteiger partial charge in [0.25, 0.3) is 11.8 Å². The molecule has 0 bridgehead atoms. The maximum absolute atomic E-state index is 12.3. The van der Waals surface area contributed by atoms with Crippen LogP contribution >= 0.6 is 0 Å². The number of ether oxygens (including phenoxy) is 2. The third kappa shape index (κ3) is 5.81. The molecule has 138 valence electrons. The van der Waals surface area contributed by atoms with Crippen molar-refractivity contribution in [2.75, 3.05) is 25.6 Å². The predicted octanol–water partition coefficient (Wildman–Crippen LogP) is 3.24. The number of carbonyl (C=O) groups excluding carboxylic acids is 2. The molecule has 0 aromatic heterocycles. The number of amides is 2. The molecule has 0 heterocycles. The summed E-state index contributed by atoms with van der Waals surface area (Å²) in [5, 5.41) is 5.57. The van der Waals surface area contributed by atoms with E-state index in [0.29, 0.717) is 29.3 Å². The number of para-hydroxylation sites is 1. The summed E-state index contributed by atoms with van der Waals surface area (Å²) in [6.07, 6.45) is 1.91. The van der Waals surface area contributed by atoms with E-state index in [1.54, 1.807) is 55.6 Å². The average Bonchev–Trinajstić information content (AvgIpc) is 2.67. The van der Waals surface area contributed by atoms with Gasteiger partial charge in [0.1, 0.15) is 11.5 Å². The molecule has 26 heavy (non-hydrogen) atoms. The highest BCUT2D eigenvalue weighted by atomic mass is 16.5. The van der Waals surface area contributed by atoms with Crippen LogP contribution in [0.25, 0.3) is 0 Å². The van der Waals surface area contributed by atoms with E-state index in [4.69, 9.17) is 9.47 Å². The molecular formula is C20H24N2O4. The lowest BCUT2D eigenvalue weighted by atomic mass is 10.1. The summed E-state index contributed by atoms with van der Waals surface area (Å²) in [5.41, 5.74) is 0.888. The molecular weight excluding hydrogens is 332 g/mol. The summed E-state index contributed by atoms with van der Waals surface area (Å²) in [5.74, 6) is 0.631. The Kier molecular flexibility index (Phi) is 7.49. The number of rotatable bonds is 9. The van der Waals surface area contributed by atoms with Crippen molar-refractivity contribution in [3.63, 3.8) is 0 Å². The summed E-state index contributed by atoms with van der Waals surface area (Å²) in [6.45, 7) is 2.50. The third-order valence-corrected chi connectivity index (χ3v) is 3.67. The molecule has 0 spiro atoms. The molecule has 2 rings (SSSR count). The summed E-state index contributed by atoms with van der Waals surface area (Å²) >= 11 is 0. The standard InChI is InChI=1S/C20H24N2O4/c1-3-4-12-21-20(24)17-10-5-6-11-18(17)22-19(23)14-26-16-9-7-8-15(13-16)25-2/h5-11,13H,3-4,12,14H2,1-2H3,(H,21,24)(H,22,23). The van der Waals surface area contributed by atoms with Gasteiger partial charge in [-0.05, 0) is 30.7 Å². The van der Waals surface area contributed by atoms with Gasteiger partial charge < -0.3 is 20.1 Å². The minimum absolute atomic E-state index is 0.168. The Labute approximate surface area is 153 Å². The van der Waals surface area contributed by atoms with Gasteiger partial charge in [-0.3, -0.25) is 9.59 Å². The van der Waals surface area contributed by atoms with Crippen molar-refractivity contribution in [3.8, 4) is 11.5 Å². The maximum atomic E-state index is 12.3. The van der Waals surface area contributed by atoms with Gasteiger partial charge in [0, 0.05) is 12.6 Å². The first kappa shape index (κ1) is 19.3. The van der Waals surface area contributed by atoms with Gasteiger partial charge in [-0.1, -0.05) is 31.5 Å². The zero-order chi connectivity index (χ0) is 18.8. The number of carbonyl (C=O) groups is 2. The normalized spacial score (nSPS) is 10.1. The molecule has 6 heteroatoms. The molecule has 0 unspecified atom stereocenters. The number of methoxy groups -OCH3 is 1. The lowest BCUT2D eigenvalue weighted by Crippen LogP contribution is -2.27. The predicted molar refractivity (Wildman–Crippen MR) is 101 cm³/mol. The van der Waals surface area contributed by atoms with Crippen LogP contribution in [0.15, 0.2) is 48.5 Å². The number of hydrogen-bond donors (Lipinski definition) is 2. The summed E-state index contributed by atoms with van der Waals surface area (Å²) in [7, 11) is 1.56. The van der Waals surface area contributed by atoms with E-state index in [0.717, 1.165) is 12.8 Å². The topological polar surface area (TPSA) is 76.7 Å². The molecule has 0 aliphatic heterocycles. The lowest BCUT2D eigenvalue weighted by Gasteiger charge is -2.12. The van der Waals surface area contributed by atoms with Crippen molar-refractivity contribution in [1.29, 1.82) is 0 Å². The quantitative estimate of drug-likeness (QED) is 0.676. The highest BCUT2D eigenvalue weighted by Gasteiger charge is 2.13. The molecule has 2 aromatic carbocycles. The first-order chi connectivity index (χ1) is 12.6. The van der Waals surface area contributed by atoms with E-state index < -0.39 is 0 Å². The fraction of sp³-hybridized carbons (Fsp3) is 0.300. The van der Waals surface area contributed by atoms with Crippen LogP contribution in [0.3, 0.4) is 0 Å². The molecule has 0 radical (unpaired) electrons. The first-order valence-electron chi connectivity index (χ1n) is 8.58. The van der Waals surface area contributed by atoms with Crippen molar-refractivity contribution in [1.82, 2.24) is 5.32 Å². The summed E-state index contributed by atoms with van der Waals surface area (Å²) in [4.78, 5) is 24.4. The summed E-state index contributed by atoms with van der Waals surface area (Å²) in [6, 6.07) is 13.9. The van der Waals surface area contributed by atoms with Crippen LogP contribution in [0.5, 0.6) is 11.5 Å². The molecule has 0 aliphatic carbocycles. The van der Waals surface area contributed by atoms with Gasteiger partial charge in [0.15, 0.2) is 6.61 Å². The van der Waals surface area contributed by atoms with Gasteiger partial charge in [-0.25, -0.2) is 0 Å². The fourth-order valence-electron chi connectivity index (χ4n) is 2.29. The van der Waals surface area contributed by atoms with E-state index >= 15 is 0 Å². The van der Waals surface area contributed by atoms with Crippen LogP contribution in [0.1, 0.15) is 30.1 Å². The van der Waals surface area contributed by atoms with Crippen molar-refractivity contribution in [2.24, 2.45) is 0 Å². The van der Waals surface area contributed by atoms with Crippen LogP contribution in [-0.4, -0.2) is 32.1 Å². The molecule has 0 fully saturated rings. The van der Waals surface area contributed by atoms with Gasteiger partial charge in [-0.15, -0.1) is 0 Å². The van der Waals surface area contributed by atoms with Crippen LogP contribution < -0.4 is 20.1 Å². The second-order valence-electron chi connectivity index (χ2n) is 5.67. The van der Waals surface area contributed by atoms with Crippen LogP contribution in [0.2, 0.25) is 0 Å². The molecule has 0 atom stereocenters. The number of unbranched alkanes of at least 4 members (excludes halogenated alkanes) is 1. The smallest absolute Gasteiger partial charge is 0.262 e. The number of hydrogen-bond acceptors (Lipinski definition) is 4. The maximum Gasteiger partial charge on any atom is 0.262 e. The third-order valence-electron chi connectivity index (χ3n) is 3.67. The van der Waals surface area contributed by atoms with Gasteiger partial charge in [0.05, 0.1) is 18.4 Å². The Morgan fingerprint density at radius 1 is 1.04 bits per heavy atom. The second-order valence-corrected chi connectivity index (χ2v) is 5.67. The monoisotopic (exact) mass is 356 g/mol. The van der Waals surface area contributed by atoms with Crippen molar-refractivity contribution < 1.29 is 19.1 Å². The minimum Gasteiger partial charge on any atom is -0.497 e. The average molecular weight is 356 g/mol. The Bertz CT molecular complexity index is 746. The van der Waals surface area contributed by atoms with Crippen LogP contribution in [0.4, 0.5) is 5.69 Å². The number of nitrogens with one attached hydrogen (secondary N) is 2. The van der Waals surface area contributed by atoms with Gasteiger partial charge in [-0.2, -0.15) is 0 Å². The zero-order valence-corrected chi connectivity index (χ0v) is 15.1. The number of benzene rings is 2. The largest absolute Gasteiger partial charge is 0.497 e. The fourth-order valence-corrected chi connectivity index (χ4v) is 2.29. The van der Waals surface area contributed by atoms with E-state index in [1.807, 2.05) is 0 Å². The SMILES string of the molecule is CCCCNC(=O)c1ccccc1NC(=O)COc1cccc(OC)c1. The first-order valence-corrected chi connectivity index (χ1v) is 8.58. The molecule has 2 amide bonds. The van der Waals surface area contributed by atoms with Crippen LogP contribution in [-0.2, 0) is 4.79 Å². The molecule has 2 N–H and O–H groups in total. The minimum atomic E-state index is -0.346. The molecule has 2 aromatic rings. The van der Waals surface area contributed by atoms with Crippen molar-refractivity contribution in [3.05, 3.63) is 54.1 Å². The van der Waals surface area contributed by atoms with E-state index in [9.17, 15) is 9.59 Å². The van der Waals surface area contributed by atoms with Crippen LogP contribution in [0, 0.1) is 0 Å². The Morgan fingerprint density at radius 2 is 1.81 bits per heavy atom. The van der Waals surface area contributed by atoms with Crippen molar-refractivity contribution >= 4 is 17.5 Å². The Morgan fingerprint density at radius 3 is 2.58 bits per heavy atom. The molecule has 0 saturated carbocycles. The highest BCUT2D eigenvalue weighted by Crippen LogP contribution is 2.19. The van der Waals surface area contributed by atoms with Crippen molar-refractivity contribution in [2.45, 2.75) is 19.8 Å². The van der Waals surface area contributed by atoms with Gasteiger partial charge >= 0.3 is 0 Å². The Hall–Kier alpha value is -3.02. The van der Waals surface area contributed by atoms with Gasteiger partial charge in [0.2, 0.25) is 0 Å². The van der Waals surface area contributed by atoms with E-state index in [1.165, 1.54) is 0 Å². The molecule has 6 nitrogen and oxygen atoms in total. The molecule has 0 saturated heterocycles. The second kappa shape index (κ2) is 10.1. The highest BCUT2D eigenvalue weighted by molar-refractivity contribution is 6.04. The molecule has 0 aliphatic rings. The van der Waals surface area contributed by atoms with E-state index in [-0.39, 0.29) is 18.4 Å². The summed E-state index contributed by atoms with van der Waals surface area (Å²) < 4.78 is 10.6. The number of anilines is 1. The zero-order valence-electron chi connectivity index (χ0n) is 15.1. The van der Waals surface area contributed by atoms with E-state index in [2.05, 4.69) is 17.6 Å². The Balaban J connectivity index is 1.95.